The van der Waals surface area contributed by atoms with Gasteiger partial charge in [0.2, 0.25) is 0 Å². The van der Waals surface area contributed by atoms with Crippen molar-refractivity contribution in [1.82, 2.24) is 4.57 Å². The highest BCUT2D eigenvalue weighted by Crippen LogP contribution is 2.19. The van der Waals surface area contributed by atoms with E-state index < -0.39 is 10.1 Å². The van der Waals surface area contributed by atoms with E-state index in [1.165, 1.54) is 23.5 Å². The molecule has 5 nitrogen and oxygen atoms in total. The zero-order chi connectivity index (χ0) is 18.0. The van der Waals surface area contributed by atoms with Crippen LogP contribution in [0, 0.1) is 12.8 Å². The Morgan fingerprint density at radius 3 is 2.52 bits per heavy atom. The molecule has 7 heteroatoms. The normalized spacial score (nSPS) is 13.2. The van der Waals surface area contributed by atoms with Crippen LogP contribution < -0.4 is 4.87 Å². The molecule has 0 saturated carbocycles. The summed E-state index contributed by atoms with van der Waals surface area (Å²) < 4.78 is 32.3. The lowest BCUT2D eigenvalue weighted by Gasteiger charge is -2.13. The van der Waals surface area contributed by atoms with Crippen LogP contribution in [0.2, 0.25) is 0 Å². The highest BCUT2D eigenvalue weighted by molar-refractivity contribution is 7.86. The minimum atomic E-state index is -3.79. The molecule has 0 bridgehead atoms. The largest absolute Gasteiger partial charge is 0.308 e. The number of fused-ring (bicyclic) bond motifs is 1. The molecule has 1 atom stereocenters. The van der Waals surface area contributed by atoms with Gasteiger partial charge in [-0.05, 0) is 37.1 Å². The van der Waals surface area contributed by atoms with E-state index in [0.717, 1.165) is 15.8 Å². The first-order valence-electron chi connectivity index (χ1n) is 7.91. The van der Waals surface area contributed by atoms with Gasteiger partial charge in [0.1, 0.15) is 0 Å². The monoisotopic (exact) mass is 377 g/mol. The lowest BCUT2D eigenvalue weighted by Crippen LogP contribution is -2.22. The average molecular weight is 377 g/mol. The van der Waals surface area contributed by atoms with Gasteiger partial charge in [0.05, 0.1) is 21.7 Å². The first-order chi connectivity index (χ1) is 11.9. The Labute approximate surface area is 150 Å². The standard InChI is InChI=1S/C18H19NO4S2/c1-13-7-9-15(10-8-13)25(21,22)23-12-14(2)11-19-16-5-3-4-6-17(16)24-18(19)20/h3-10,14H,11-12H2,1-2H3. The van der Waals surface area contributed by atoms with Crippen LogP contribution in [0.3, 0.4) is 0 Å². The molecule has 1 heterocycles. The van der Waals surface area contributed by atoms with E-state index in [4.69, 9.17) is 4.18 Å². The highest BCUT2D eigenvalue weighted by atomic mass is 32.2. The van der Waals surface area contributed by atoms with Gasteiger partial charge in [-0.15, -0.1) is 0 Å². The van der Waals surface area contributed by atoms with Gasteiger partial charge in [-0.2, -0.15) is 8.42 Å². The number of hydrogen-bond acceptors (Lipinski definition) is 5. The molecule has 0 aliphatic heterocycles. The molecule has 0 aliphatic carbocycles. The molecule has 132 valence electrons. The Morgan fingerprint density at radius 2 is 1.80 bits per heavy atom. The Balaban J connectivity index is 1.70. The molecule has 3 rings (SSSR count). The number of rotatable bonds is 6. The van der Waals surface area contributed by atoms with Crippen LogP contribution in [-0.4, -0.2) is 19.6 Å². The first-order valence-corrected chi connectivity index (χ1v) is 10.1. The fourth-order valence-electron chi connectivity index (χ4n) is 2.53. The third-order valence-corrected chi connectivity index (χ3v) is 6.14. The van der Waals surface area contributed by atoms with Gasteiger partial charge in [-0.1, -0.05) is 48.1 Å². The summed E-state index contributed by atoms with van der Waals surface area (Å²) in [5.74, 6) is -0.129. The molecule has 0 spiro atoms. The second-order valence-electron chi connectivity index (χ2n) is 6.10. The summed E-state index contributed by atoms with van der Waals surface area (Å²) >= 11 is 1.19. The molecule has 25 heavy (non-hydrogen) atoms. The maximum absolute atomic E-state index is 12.2. The molecule has 0 saturated heterocycles. The molecule has 2 aromatic carbocycles. The zero-order valence-electron chi connectivity index (χ0n) is 14.0. The van der Waals surface area contributed by atoms with Crippen LogP contribution in [0.15, 0.2) is 58.2 Å². The van der Waals surface area contributed by atoms with Crippen LogP contribution in [0.4, 0.5) is 0 Å². The van der Waals surface area contributed by atoms with E-state index in [1.54, 1.807) is 16.7 Å². The molecule has 0 amide bonds. The van der Waals surface area contributed by atoms with Gasteiger partial charge in [-0.3, -0.25) is 13.5 Å². The van der Waals surface area contributed by atoms with Crippen molar-refractivity contribution >= 4 is 31.7 Å². The number of nitrogens with zero attached hydrogens (tertiary/aromatic N) is 1. The minimum Gasteiger partial charge on any atom is -0.298 e. The smallest absolute Gasteiger partial charge is 0.298 e. The van der Waals surface area contributed by atoms with Crippen molar-refractivity contribution in [1.29, 1.82) is 0 Å². The number of thiazole rings is 1. The van der Waals surface area contributed by atoms with Crippen LogP contribution in [0.25, 0.3) is 10.2 Å². The van der Waals surface area contributed by atoms with E-state index in [2.05, 4.69) is 0 Å². The molecule has 0 aliphatic rings. The van der Waals surface area contributed by atoms with Gasteiger partial charge in [0.15, 0.2) is 0 Å². The minimum absolute atomic E-state index is 0.0207. The first kappa shape index (κ1) is 17.8. The number of benzene rings is 2. The molecule has 0 fully saturated rings. The van der Waals surface area contributed by atoms with E-state index in [-0.39, 0.29) is 22.3 Å². The third-order valence-electron chi connectivity index (χ3n) is 3.89. The maximum Gasteiger partial charge on any atom is 0.308 e. The summed E-state index contributed by atoms with van der Waals surface area (Å²) in [6, 6.07) is 14.1. The van der Waals surface area contributed by atoms with Crippen molar-refractivity contribution in [3.8, 4) is 0 Å². The zero-order valence-corrected chi connectivity index (χ0v) is 15.6. The van der Waals surface area contributed by atoms with Gasteiger partial charge >= 0.3 is 4.87 Å². The SMILES string of the molecule is Cc1ccc(S(=O)(=O)OCC(C)Cn2c(=O)sc3ccccc32)cc1. The van der Waals surface area contributed by atoms with Gasteiger partial charge in [0, 0.05) is 6.54 Å². The Hall–Kier alpha value is -1.96. The molecular formula is C18H19NO4S2. The number of aryl methyl sites for hydroxylation is 1. The van der Waals surface area contributed by atoms with Crippen molar-refractivity contribution in [3.63, 3.8) is 0 Å². The third kappa shape index (κ3) is 4.00. The molecule has 3 aromatic rings. The topological polar surface area (TPSA) is 65.4 Å². The van der Waals surface area contributed by atoms with Crippen molar-refractivity contribution in [2.45, 2.75) is 25.3 Å². The van der Waals surface area contributed by atoms with E-state index in [9.17, 15) is 13.2 Å². The van der Waals surface area contributed by atoms with Gasteiger partial charge < -0.3 is 0 Å². The van der Waals surface area contributed by atoms with Crippen LogP contribution in [0.1, 0.15) is 12.5 Å². The second kappa shape index (κ2) is 7.11. The Morgan fingerprint density at radius 1 is 1.12 bits per heavy atom. The summed E-state index contributed by atoms with van der Waals surface area (Å²) in [7, 11) is -3.79. The van der Waals surface area contributed by atoms with Crippen molar-refractivity contribution in [2.75, 3.05) is 6.61 Å². The van der Waals surface area contributed by atoms with Crippen molar-refractivity contribution in [2.24, 2.45) is 5.92 Å². The fraction of sp³-hybridized carbons (Fsp3) is 0.278. The van der Waals surface area contributed by atoms with E-state index in [1.807, 2.05) is 38.1 Å². The molecule has 1 unspecified atom stereocenters. The molecule has 0 N–H and O–H groups in total. The highest BCUT2D eigenvalue weighted by Gasteiger charge is 2.18. The van der Waals surface area contributed by atoms with Crippen molar-refractivity contribution in [3.05, 3.63) is 63.8 Å². The summed E-state index contributed by atoms with van der Waals surface area (Å²) in [4.78, 5) is 12.2. The number of hydrogen-bond donors (Lipinski definition) is 0. The molecule has 0 radical (unpaired) electrons. The Kier molecular flexibility index (Phi) is 5.08. The van der Waals surface area contributed by atoms with E-state index in [0.29, 0.717) is 6.54 Å². The average Bonchev–Trinajstić information content (AvgIpc) is 2.89. The van der Waals surface area contributed by atoms with Crippen molar-refractivity contribution < 1.29 is 12.6 Å². The predicted molar refractivity (Wildman–Crippen MR) is 99.6 cm³/mol. The quantitative estimate of drug-likeness (QED) is 0.618. The summed E-state index contributed by atoms with van der Waals surface area (Å²) in [6.07, 6.45) is 0. The Bertz CT molecular complexity index is 1030. The number of aromatic nitrogens is 1. The molecule has 1 aromatic heterocycles. The lowest BCUT2D eigenvalue weighted by atomic mass is 10.2. The predicted octanol–water partition coefficient (Wildman–Crippen LogP) is 3.41. The fourth-order valence-corrected chi connectivity index (χ4v) is 4.45. The lowest BCUT2D eigenvalue weighted by molar-refractivity contribution is 0.250. The summed E-state index contributed by atoms with van der Waals surface area (Å²) in [5.41, 5.74) is 1.85. The maximum atomic E-state index is 12.2. The van der Waals surface area contributed by atoms with Crippen LogP contribution >= 0.6 is 11.3 Å². The van der Waals surface area contributed by atoms with Crippen LogP contribution in [0.5, 0.6) is 0 Å². The van der Waals surface area contributed by atoms with Crippen LogP contribution in [-0.2, 0) is 20.8 Å². The summed E-state index contributed by atoms with van der Waals surface area (Å²) in [5, 5.41) is 0. The number of para-hydroxylation sites is 1. The second-order valence-corrected chi connectivity index (χ2v) is 8.71. The van der Waals surface area contributed by atoms with Gasteiger partial charge in [-0.25, -0.2) is 0 Å². The van der Waals surface area contributed by atoms with Gasteiger partial charge in [0.25, 0.3) is 10.1 Å². The molecular weight excluding hydrogens is 358 g/mol. The summed E-state index contributed by atoms with van der Waals surface area (Å²) in [6.45, 7) is 4.19. The van der Waals surface area contributed by atoms with E-state index >= 15 is 0 Å².